The van der Waals surface area contributed by atoms with Crippen LogP contribution in [0.5, 0.6) is 11.5 Å². The molecule has 0 aliphatic rings. The van der Waals surface area contributed by atoms with Gasteiger partial charge >= 0.3 is 5.97 Å². The van der Waals surface area contributed by atoms with Gasteiger partial charge in [-0.05, 0) is 29.7 Å². The SMILES string of the molecule is COC(=O)[C@H](Cc1ccccc1)NC(=O)[C@@H](N)Cc1ccc(O)c(O)c1. The Labute approximate surface area is 151 Å². The van der Waals surface area contributed by atoms with E-state index in [0.29, 0.717) is 5.56 Å². The predicted octanol–water partition coefficient (Wildman–Crippen LogP) is 0.868. The Morgan fingerprint density at radius 1 is 1.04 bits per heavy atom. The molecule has 0 saturated heterocycles. The summed E-state index contributed by atoms with van der Waals surface area (Å²) in [6, 6.07) is 11.7. The molecule has 5 N–H and O–H groups in total. The monoisotopic (exact) mass is 358 g/mol. The molecule has 0 fully saturated rings. The van der Waals surface area contributed by atoms with E-state index in [0.717, 1.165) is 5.56 Å². The fourth-order valence-electron chi connectivity index (χ4n) is 2.51. The van der Waals surface area contributed by atoms with Crippen molar-refractivity contribution in [2.45, 2.75) is 24.9 Å². The van der Waals surface area contributed by atoms with Gasteiger partial charge in [0.1, 0.15) is 6.04 Å². The van der Waals surface area contributed by atoms with Crippen molar-refractivity contribution in [3.05, 3.63) is 59.7 Å². The van der Waals surface area contributed by atoms with Crippen LogP contribution in [0, 0.1) is 0 Å². The summed E-state index contributed by atoms with van der Waals surface area (Å²) in [7, 11) is 1.26. The van der Waals surface area contributed by atoms with Crippen LogP contribution in [-0.4, -0.2) is 41.3 Å². The summed E-state index contributed by atoms with van der Waals surface area (Å²) in [6.07, 6.45) is 0.422. The van der Waals surface area contributed by atoms with Crippen LogP contribution in [-0.2, 0) is 27.2 Å². The number of carbonyl (C=O) groups is 2. The lowest BCUT2D eigenvalue weighted by Crippen LogP contribution is -2.50. The maximum atomic E-state index is 12.4. The van der Waals surface area contributed by atoms with E-state index in [1.54, 1.807) is 6.07 Å². The van der Waals surface area contributed by atoms with Crippen molar-refractivity contribution >= 4 is 11.9 Å². The number of phenolic OH excluding ortho intramolecular Hbond substituents is 2. The number of hydrogen-bond acceptors (Lipinski definition) is 6. The van der Waals surface area contributed by atoms with Crippen molar-refractivity contribution in [3.63, 3.8) is 0 Å². The first-order valence-electron chi connectivity index (χ1n) is 8.09. The second kappa shape index (κ2) is 8.87. The predicted molar refractivity (Wildman–Crippen MR) is 95.5 cm³/mol. The summed E-state index contributed by atoms with van der Waals surface area (Å²) < 4.78 is 4.76. The average Bonchev–Trinajstić information content (AvgIpc) is 2.64. The zero-order valence-corrected chi connectivity index (χ0v) is 14.4. The third-order valence-electron chi connectivity index (χ3n) is 3.92. The van der Waals surface area contributed by atoms with Gasteiger partial charge in [-0.25, -0.2) is 4.79 Å². The fraction of sp³-hybridized carbons (Fsp3) is 0.263. The number of aromatic hydroxyl groups is 2. The van der Waals surface area contributed by atoms with Crippen molar-refractivity contribution in [1.29, 1.82) is 0 Å². The highest BCUT2D eigenvalue weighted by Gasteiger charge is 2.25. The molecule has 1 amide bonds. The van der Waals surface area contributed by atoms with Crippen molar-refractivity contribution in [2.75, 3.05) is 7.11 Å². The molecule has 0 aliphatic carbocycles. The molecule has 0 heterocycles. The zero-order chi connectivity index (χ0) is 19.1. The summed E-state index contributed by atoms with van der Waals surface area (Å²) >= 11 is 0. The molecular weight excluding hydrogens is 336 g/mol. The summed E-state index contributed by atoms with van der Waals surface area (Å²) in [5.41, 5.74) is 7.37. The zero-order valence-electron chi connectivity index (χ0n) is 14.4. The van der Waals surface area contributed by atoms with Crippen LogP contribution in [0.2, 0.25) is 0 Å². The van der Waals surface area contributed by atoms with Gasteiger partial charge in [0, 0.05) is 6.42 Å². The molecule has 7 heteroatoms. The highest BCUT2D eigenvalue weighted by atomic mass is 16.5. The lowest BCUT2D eigenvalue weighted by Gasteiger charge is -2.19. The van der Waals surface area contributed by atoms with Crippen LogP contribution in [0.15, 0.2) is 48.5 Å². The molecule has 0 saturated carbocycles. The number of phenols is 2. The van der Waals surface area contributed by atoms with Crippen LogP contribution in [0.25, 0.3) is 0 Å². The van der Waals surface area contributed by atoms with Crippen LogP contribution in [0.1, 0.15) is 11.1 Å². The number of ether oxygens (including phenoxy) is 1. The first kappa shape index (κ1) is 19.3. The Kier molecular flexibility index (Phi) is 6.57. The van der Waals surface area contributed by atoms with Crippen molar-refractivity contribution < 1.29 is 24.5 Å². The molecule has 2 aromatic rings. The lowest BCUT2D eigenvalue weighted by atomic mass is 10.0. The van der Waals surface area contributed by atoms with E-state index < -0.39 is 24.0 Å². The van der Waals surface area contributed by atoms with E-state index in [1.807, 2.05) is 30.3 Å². The topological polar surface area (TPSA) is 122 Å². The maximum Gasteiger partial charge on any atom is 0.328 e. The third kappa shape index (κ3) is 5.22. The van der Waals surface area contributed by atoms with E-state index in [1.165, 1.54) is 19.2 Å². The van der Waals surface area contributed by atoms with Gasteiger partial charge in [-0.15, -0.1) is 0 Å². The Bertz CT molecular complexity index is 764. The molecule has 7 nitrogen and oxygen atoms in total. The van der Waals surface area contributed by atoms with E-state index in [9.17, 15) is 19.8 Å². The molecule has 0 bridgehead atoms. The minimum atomic E-state index is -0.929. The molecule has 0 spiro atoms. The van der Waals surface area contributed by atoms with Gasteiger partial charge in [-0.1, -0.05) is 36.4 Å². The summed E-state index contributed by atoms with van der Waals surface area (Å²) in [6.45, 7) is 0. The van der Waals surface area contributed by atoms with E-state index in [4.69, 9.17) is 10.5 Å². The number of benzene rings is 2. The van der Waals surface area contributed by atoms with Crippen LogP contribution >= 0.6 is 0 Å². The minimum Gasteiger partial charge on any atom is -0.504 e. The fourth-order valence-corrected chi connectivity index (χ4v) is 2.51. The standard InChI is InChI=1S/C19H22N2O5/c1-26-19(25)15(10-12-5-3-2-4-6-12)21-18(24)14(20)9-13-7-8-16(22)17(23)11-13/h2-8,11,14-15,22-23H,9-10,20H2,1H3,(H,21,24)/t14-,15-/m0/s1. The quantitative estimate of drug-likeness (QED) is 0.430. The number of methoxy groups -OCH3 is 1. The summed E-state index contributed by atoms with van der Waals surface area (Å²) in [5.74, 6) is -1.60. The number of nitrogens with one attached hydrogen (secondary N) is 1. The van der Waals surface area contributed by atoms with Gasteiger partial charge in [-0.2, -0.15) is 0 Å². The molecule has 0 radical (unpaired) electrons. The Balaban J connectivity index is 2.02. The minimum absolute atomic E-state index is 0.138. The average molecular weight is 358 g/mol. The highest BCUT2D eigenvalue weighted by Crippen LogP contribution is 2.25. The molecule has 0 aliphatic heterocycles. The van der Waals surface area contributed by atoms with E-state index in [-0.39, 0.29) is 24.3 Å². The largest absolute Gasteiger partial charge is 0.504 e. The highest BCUT2D eigenvalue weighted by molar-refractivity contribution is 5.87. The Morgan fingerprint density at radius 2 is 1.73 bits per heavy atom. The van der Waals surface area contributed by atoms with Crippen LogP contribution in [0.3, 0.4) is 0 Å². The second-order valence-corrected chi connectivity index (χ2v) is 5.91. The summed E-state index contributed by atoms with van der Waals surface area (Å²) in [4.78, 5) is 24.3. The molecule has 2 aromatic carbocycles. The lowest BCUT2D eigenvalue weighted by molar-refractivity contribution is -0.145. The Morgan fingerprint density at radius 3 is 2.35 bits per heavy atom. The number of esters is 1. The van der Waals surface area contributed by atoms with Crippen molar-refractivity contribution in [3.8, 4) is 11.5 Å². The van der Waals surface area contributed by atoms with Crippen molar-refractivity contribution in [2.24, 2.45) is 5.73 Å². The second-order valence-electron chi connectivity index (χ2n) is 5.91. The van der Waals surface area contributed by atoms with Crippen molar-refractivity contribution in [1.82, 2.24) is 5.32 Å². The molecule has 26 heavy (non-hydrogen) atoms. The number of nitrogens with two attached hydrogens (primary N) is 1. The maximum absolute atomic E-state index is 12.4. The smallest absolute Gasteiger partial charge is 0.328 e. The normalized spacial score (nSPS) is 12.8. The van der Waals surface area contributed by atoms with Gasteiger partial charge in [0.25, 0.3) is 0 Å². The first-order valence-corrected chi connectivity index (χ1v) is 8.09. The number of amides is 1. The number of carbonyl (C=O) groups excluding carboxylic acids is 2. The number of hydrogen-bond donors (Lipinski definition) is 4. The molecule has 2 rings (SSSR count). The first-order chi connectivity index (χ1) is 12.4. The van der Waals surface area contributed by atoms with Gasteiger partial charge in [0.05, 0.1) is 13.2 Å². The summed E-state index contributed by atoms with van der Waals surface area (Å²) in [5, 5.41) is 21.4. The molecule has 0 unspecified atom stereocenters. The molecule has 2 atom stereocenters. The Hall–Kier alpha value is -3.06. The van der Waals surface area contributed by atoms with Gasteiger partial charge in [0.2, 0.25) is 5.91 Å². The van der Waals surface area contributed by atoms with Gasteiger partial charge in [-0.3, -0.25) is 4.79 Å². The van der Waals surface area contributed by atoms with Gasteiger partial charge in [0.15, 0.2) is 11.5 Å². The molecule has 138 valence electrons. The molecular formula is C19H22N2O5. The number of rotatable bonds is 7. The van der Waals surface area contributed by atoms with Gasteiger partial charge < -0.3 is 26.0 Å². The van der Waals surface area contributed by atoms with Crippen LogP contribution < -0.4 is 11.1 Å². The third-order valence-corrected chi connectivity index (χ3v) is 3.92. The molecule has 0 aromatic heterocycles. The van der Waals surface area contributed by atoms with E-state index >= 15 is 0 Å². The van der Waals surface area contributed by atoms with Crippen LogP contribution in [0.4, 0.5) is 0 Å². The van der Waals surface area contributed by atoms with E-state index in [2.05, 4.69) is 5.32 Å².